The van der Waals surface area contributed by atoms with Gasteiger partial charge < -0.3 is 10.1 Å². The number of likely N-dealkylation sites (N-methyl/N-ethyl adjacent to an activating group) is 1. The van der Waals surface area contributed by atoms with Crippen LogP contribution in [0.1, 0.15) is 30.9 Å². The van der Waals surface area contributed by atoms with E-state index < -0.39 is 16.2 Å². The molecule has 0 amide bonds. The number of pyridine rings is 1. The number of fused-ring (bicyclic) bond motifs is 1. The zero-order valence-corrected chi connectivity index (χ0v) is 21.0. The Morgan fingerprint density at radius 3 is 2.63 bits per heavy atom. The number of para-hydroxylation sites is 1. The molecule has 190 valence electrons. The molecule has 8 nitrogen and oxygen atoms in total. The van der Waals surface area contributed by atoms with Gasteiger partial charge in [0.25, 0.3) is 0 Å². The fourth-order valence-electron chi connectivity index (χ4n) is 4.43. The average molecular weight is 504 g/mol. The van der Waals surface area contributed by atoms with Crippen LogP contribution in [0.2, 0.25) is 0 Å². The average Bonchev–Trinajstić information content (AvgIpc) is 3.52. The Morgan fingerprint density at radius 2 is 1.86 bits per heavy atom. The smallest absolute Gasteiger partial charge is 0.307 e. The quantitative estimate of drug-likeness (QED) is 0.285. The van der Waals surface area contributed by atoms with Crippen LogP contribution in [0.4, 0.5) is 4.39 Å². The molecule has 10 heteroatoms. The Morgan fingerprint density at radius 1 is 1.09 bits per heavy atom. The molecular formula is C25H34FN5O3S. The zero-order valence-electron chi connectivity index (χ0n) is 20.2. The summed E-state index contributed by atoms with van der Waals surface area (Å²) in [6.45, 7) is 7.23. The SMILES string of the molecule is CCNCCOCCN(Cc1cccnc1F)Cc1cn(S(=O)(=O)N2CCCC2)c2ccccc12. The van der Waals surface area contributed by atoms with E-state index in [-0.39, 0.29) is 0 Å². The largest absolute Gasteiger partial charge is 0.379 e. The van der Waals surface area contributed by atoms with E-state index in [0.29, 0.717) is 57.0 Å². The highest BCUT2D eigenvalue weighted by atomic mass is 32.2. The van der Waals surface area contributed by atoms with Crippen LogP contribution in [0.5, 0.6) is 0 Å². The van der Waals surface area contributed by atoms with Crippen LogP contribution in [0.3, 0.4) is 0 Å². The molecule has 1 aliphatic heterocycles. The van der Waals surface area contributed by atoms with E-state index in [4.69, 9.17) is 4.74 Å². The molecule has 0 bridgehead atoms. The summed E-state index contributed by atoms with van der Waals surface area (Å²) < 4.78 is 49.8. The normalized spacial score (nSPS) is 14.9. The van der Waals surface area contributed by atoms with Gasteiger partial charge in [-0.05, 0) is 37.1 Å². The van der Waals surface area contributed by atoms with Crippen molar-refractivity contribution >= 4 is 21.1 Å². The fourth-order valence-corrected chi connectivity index (χ4v) is 6.06. The molecule has 1 aliphatic rings. The van der Waals surface area contributed by atoms with Crippen LogP contribution < -0.4 is 5.32 Å². The molecule has 0 atom stereocenters. The summed E-state index contributed by atoms with van der Waals surface area (Å²) in [5.74, 6) is -0.496. The van der Waals surface area contributed by atoms with E-state index in [1.807, 2.05) is 31.2 Å². The first kappa shape index (κ1) is 25.7. The standard InChI is InChI=1S/C25H34FN5O3S/c1-2-27-12-16-34-17-15-29(18-21-8-7-11-28-25(21)26)19-22-20-31(24-10-4-3-9-23(22)24)35(32,33)30-13-5-6-14-30/h3-4,7-11,20,27H,2,5-6,12-19H2,1H3. The lowest BCUT2D eigenvalue weighted by Crippen LogP contribution is -2.32. The lowest BCUT2D eigenvalue weighted by Gasteiger charge is -2.22. The summed E-state index contributed by atoms with van der Waals surface area (Å²) in [5, 5.41) is 4.10. The van der Waals surface area contributed by atoms with E-state index in [1.165, 1.54) is 10.2 Å². The van der Waals surface area contributed by atoms with Crippen LogP contribution in [-0.2, 0) is 28.0 Å². The molecule has 1 saturated heterocycles. The maximum atomic E-state index is 14.3. The molecule has 3 aromatic rings. The molecule has 0 unspecified atom stereocenters. The molecule has 4 rings (SSSR count). The van der Waals surface area contributed by atoms with E-state index in [2.05, 4.69) is 15.2 Å². The van der Waals surface area contributed by atoms with Gasteiger partial charge in [0.1, 0.15) is 0 Å². The van der Waals surface area contributed by atoms with E-state index >= 15 is 0 Å². The predicted octanol–water partition coefficient (Wildman–Crippen LogP) is 2.99. The Balaban J connectivity index is 1.58. The minimum absolute atomic E-state index is 0.342. The number of benzene rings is 1. The maximum absolute atomic E-state index is 14.3. The Labute approximate surface area is 206 Å². The summed E-state index contributed by atoms with van der Waals surface area (Å²) >= 11 is 0. The van der Waals surface area contributed by atoms with Gasteiger partial charge in [-0.1, -0.05) is 31.2 Å². The summed E-state index contributed by atoms with van der Waals surface area (Å²) in [7, 11) is -3.65. The number of nitrogens with one attached hydrogen (secondary N) is 1. The van der Waals surface area contributed by atoms with Gasteiger partial charge in [-0.25, -0.2) is 8.96 Å². The number of halogens is 1. The predicted molar refractivity (Wildman–Crippen MR) is 135 cm³/mol. The summed E-state index contributed by atoms with van der Waals surface area (Å²) in [6.07, 6.45) is 4.91. The molecule has 1 aromatic carbocycles. The second-order valence-electron chi connectivity index (χ2n) is 8.71. The molecular weight excluding hydrogens is 469 g/mol. The second kappa shape index (κ2) is 12.0. The minimum Gasteiger partial charge on any atom is -0.379 e. The van der Waals surface area contributed by atoms with Gasteiger partial charge in [0.2, 0.25) is 5.95 Å². The monoisotopic (exact) mass is 503 g/mol. The topological polar surface area (TPSA) is 79.7 Å². The van der Waals surface area contributed by atoms with E-state index in [1.54, 1.807) is 22.6 Å². The van der Waals surface area contributed by atoms with Gasteiger partial charge in [-0.2, -0.15) is 17.1 Å². The second-order valence-corrected chi connectivity index (χ2v) is 10.5. The Bertz CT molecular complexity index is 1210. The summed E-state index contributed by atoms with van der Waals surface area (Å²) in [6, 6.07) is 11.0. The van der Waals surface area contributed by atoms with Crippen LogP contribution in [0.15, 0.2) is 48.8 Å². The molecule has 0 radical (unpaired) electrons. The third-order valence-electron chi connectivity index (χ3n) is 6.25. The van der Waals surface area contributed by atoms with Crippen molar-refractivity contribution in [2.75, 3.05) is 45.9 Å². The zero-order chi connectivity index (χ0) is 24.7. The Kier molecular flexibility index (Phi) is 8.85. The van der Waals surface area contributed by atoms with Crippen molar-refractivity contribution in [3.05, 3.63) is 65.9 Å². The van der Waals surface area contributed by atoms with Crippen molar-refractivity contribution in [3.63, 3.8) is 0 Å². The molecule has 2 aromatic heterocycles. The van der Waals surface area contributed by atoms with Crippen molar-refractivity contribution in [2.24, 2.45) is 0 Å². The van der Waals surface area contributed by atoms with Crippen LogP contribution in [-0.4, -0.2) is 72.5 Å². The van der Waals surface area contributed by atoms with Gasteiger partial charge in [-0.3, -0.25) is 4.90 Å². The molecule has 0 saturated carbocycles. The molecule has 0 spiro atoms. The number of ether oxygens (including phenoxy) is 1. The van der Waals surface area contributed by atoms with Gasteiger partial charge in [-0.15, -0.1) is 0 Å². The maximum Gasteiger partial charge on any atom is 0.307 e. The molecule has 1 fully saturated rings. The number of hydrogen-bond acceptors (Lipinski definition) is 6. The third kappa shape index (κ3) is 6.25. The van der Waals surface area contributed by atoms with Gasteiger partial charge >= 0.3 is 10.2 Å². The van der Waals surface area contributed by atoms with E-state index in [0.717, 1.165) is 36.9 Å². The lowest BCUT2D eigenvalue weighted by atomic mass is 10.1. The summed E-state index contributed by atoms with van der Waals surface area (Å²) in [5.41, 5.74) is 2.03. The van der Waals surface area contributed by atoms with Gasteiger partial charge in [0.05, 0.1) is 18.7 Å². The molecule has 3 heterocycles. The Hall–Kier alpha value is -2.37. The highest BCUT2D eigenvalue weighted by molar-refractivity contribution is 7.87. The number of rotatable bonds is 13. The fraction of sp³-hybridized carbons (Fsp3) is 0.480. The first-order valence-corrected chi connectivity index (χ1v) is 13.6. The summed E-state index contributed by atoms with van der Waals surface area (Å²) in [4.78, 5) is 5.85. The molecule has 0 aliphatic carbocycles. The first-order valence-electron chi connectivity index (χ1n) is 12.2. The van der Waals surface area contributed by atoms with Crippen molar-refractivity contribution in [2.45, 2.75) is 32.9 Å². The van der Waals surface area contributed by atoms with Crippen molar-refractivity contribution in [3.8, 4) is 0 Å². The van der Waals surface area contributed by atoms with Crippen molar-refractivity contribution in [1.82, 2.24) is 23.5 Å². The van der Waals surface area contributed by atoms with Crippen LogP contribution in [0, 0.1) is 5.95 Å². The number of hydrogen-bond donors (Lipinski definition) is 1. The first-order chi connectivity index (χ1) is 17.0. The van der Waals surface area contributed by atoms with Crippen LogP contribution in [0.25, 0.3) is 10.9 Å². The van der Waals surface area contributed by atoms with E-state index in [9.17, 15) is 12.8 Å². The van der Waals surface area contributed by atoms with Gasteiger partial charge in [0, 0.05) is 62.6 Å². The third-order valence-corrected chi connectivity index (χ3v) is 8.07. The highest BCUT2D eigenvalue weighted by Gasteiger charge is 2.29. The molecule has 1 N–H and O–H groups in total. The molecule has 35 heavy (non-hydrogen) atoms. The lowest BCUT2D eigenvalue weighted by molar-refractivity contribution is 0.0998. The number of aromatic nitrogens is 2. The van der Waals surface area contributed by atoms with Crippen LogP contribution >= 0.6 is 0 Å². The van der Waals surface area contributed by atoms with Crippen molar-refractivity contribution in [1.29, 1.82) is 0 Å². The minimum atomic E-state index is -3.65. The number of nitrogens with zero attached hydrogens (tertiary/aromatic N) is 4. The van der Waals surface area contributed by atoms with Crippen molar-refractivity contribution < 1.29 is 17.5 Å². The highest BCUT2D eigenvalue weighted by Crippen LogP contribution is 2.27. The van der Waals surface area contributed by atoms with Gasteiger partial charge in [0.15, 0.2) is 0 Å².